The van der Waals surface area contributed by atoms with Crippen molar-refractivity contribution in [1.82, 2.24) is 5.32 Å². The zero-order chi connectivity index (χ0) is 14.8. The molecule has 1 aromatic carbocycles. The van der Waals surface area contributed by atoms with Crippen LogP contribution in [-0.2, 0) is 6.18 Å². The van der Waals surface area contributed by atoms with Gasteiger partial charge in [-0.1, -0.05) is 30.7 Å². The second-order valence-electron chi connectivity index (χ2n) is 4.87. The minimum atomic E-state index is -4.67. The van der Waals surface area contributed by atoms with Gasteiger partial charge in [-0.05, 0) is 31.9 Å². The summed E-state index contributed by atoms with van der Waals surface area (Å²) in [7, 11) is 0. The zero-order valence-corrected chi connectivity index (χ0v) is 11.2. The molecule has 0 radical (unpaired) electrons. The molecule has 1 atom stereocenters. The number of likely N-dealkylation sites (N-methyl/N-ethyl adjacent to an activating group) is 1. The van der Waals surface area contributed by atoms with E-state index in [1.54, 1.807) is 0 Å². The first-order chi connectivity index (χ1) is 9.45. The maximum Gasteiger partial charge on any atom is 0.419 e. The van der Waals surface area contributed by atoms with Gasteiger partial charge < -0.3 is 5.32 Å². The van der Waals surface area contributed by atoms with Crippen molar-refractivity contribution < 1.29 is 17.6 Å². The molecule has 0 saturated carbocycles. The molecular weight excluding hydrogens is 270 g/mol. The lowest BCUT2D eigenvalue weighted by Gasteiger charge is -2.22. The predicted octanol–water partition coefficient (Wildman–Crippen LogP) is 4.61. The molecule has 0 aromatic heterocycles. The van der Waals surface area contributed by atoms with Gasteiger partial charge in [0.05, 0.1) is 11.6 Å². The molecule has 0 saturated heterocycles. The van der Waals surface area contributed by atoms with Crippen LogP contribution < -0.4 is 5.32 Å². The summed E-state index contributed by atoms with van der Waals surface area (Å²) in [5, 5.41) is 3.08. The van der Waals surface area contributed by atoms with E-state index in [-0.39, 0.29) is 5.56 Å². The average molecular weight is 287 g/mol. The van der Waals surface area contributed by atoms with Crippen LogP contribution in [0.3, 0.4) is 0 Å². The van der Waals surface area contributed by atoms with Crippen LogP contribution >= 0.6 is 0 Å². The molecule has 1 aliphatic rings. The summed E-state index contributed by atoms with van der Waals surface area (Å²) in [4.78, 5) is 0. The summed E-state index contributed by atoms with van der Waals surface area (Å²) < 4.78 is 52.5. The van der Waals surface area contributed by atoms with E-state index in [1.165, 1.54) is 12.1 Å². The maximum atomic E-state index is 14.2. The number of halogens is 4. The van der Waals surface area contributed by atoms with Crippen molar-refractivity contribution >= 4 is 0 Å². The molecule has 1 unspecified atom stereocenters. The number of alkyl halides is 3. The van der Waals surface area contributed by atoms with Gasteiger partial charge in [-0.15, -0.1) is 0 Å². The van der Waals surface area contributed by atoms with Crippen LogP contribution in [0.5, 0.6) is 0 Å². The Labute approximate surface area is 115 Å². The molecule has 20 heavy (non-hydrogen) atoms. The van der Waals surface area contributed by atoms with Crippen LogP contribution in [-0.4, -0.2) is 6.54 Å². The normalized spacial score (nSPS) is 17.1. The van der Waals surface area contributed by atoms with Crippen LogP contribution in [0.25, 0.3) is 0 Å². The number of hydrogen-bond donors (Lipinski definition) is 1. The van der Waals surface area contributed by atoms with E-state index in [0.717, 1.165) is 30.9 Å². The van der Waals surface area contributed by atoms with E-state index >= 15 is 0 Å². The molecule has 0 aliphatic heterocycles. The molecule has 0 amide bonds. The molecule has 0 heterocycles. The van der Waals surface area contributed by atoms with Crippen LogP contribution in [0.1, 0.15) is 43.4 Å². The fraction of sp³-hybridized carbons (Fsp3) is 0.467. The molecule has 1 nitrogen and oxygen atoms in total. The van der Waals surface area contributed by atoms with Gasteiger partial charge in [-0.2, -0.15) is 13.2 Å². The van der Waals surface area contributed by atoms with Gasteiger partial charge in [0.25, 0.3) is 0 Å². The van der Waals surface area contributed by atoms with Crippen LogP contribution in [0.2, 0.25) is 0 Å². The first kappa shape index (κ1) is 15.0. The monoisotopic (exact) mass is 287 g/mol. The summed E-state index contributed by atoms with van der Waals surface area (Å²) in [6.07, 6.45) is -0.00306. The fourth-order valence-corrected chi connectivity index (χ4v) is 2.59. The summed E-state index contributed by atoms with van der Waals surface area (Å²) in [6.45, 7) is 2.42. The van der Waals surface area contributed by atoms with E-state index in [1.807, 2.05) is 13.0 Å². The minimum absolute atomic E-state index is 0.0785. The second-order valence-corrected chi connectivity index (χ2v) is 4.87. The first-order valence-electron chi connectivity index (χ1n) is 6.73. The van der Waals surface area contributed by atoms with Gasteiger partial charge in [-0.25, -0.2) is 4.39 Å². The Bertz CT molecular complexity index is 505. The average Bonchev–Trinajstić information content (AvgIpc) is 2.89. The number of rotatable bonds is 4. The van der Waals surface area contributed by atoms with Gasteiger partial charge in [0.1, 0.15) is 5.82 Å². The summed E-state index contributed by atoms with van der Waals surface area (Å²) in [5.41, 5.74) is -0.142. The molecule has 0 spiro atoms. The Kier molecular flexibility index (Phi) is 4.48. The van der Waals surface area contributed by atoms with E-state index in [9.17, 15) is 17.6 Å². The molecule has 1 aliphatic carbocycles. The molecule has 5 heteroatoms. The highest BCUT2D eigenvalue weighted by atomic mass is 19.4. The molecule has 1 N–H and O–H groups in total. The quantitative estimate of drug-likeness (QED) is 0.630. The van der Waals surface area contributed by atoms with E-state index in [0.29, 0.717) is 6.54 Å². The Morgan fingerprint density at radius 3 is 2.60 bits per heavy atom. The Hall–Kier alpha value is -1.36. The highest BCUT2D eigenvalue weighted by Crippen LogP contribution is 2.37. The largest absolute Gasteiger partial charge is 0.419 e. The Morgan fingerprint density at radius 1 is 1.30 bits per heavy atom. The molecular formula is C15H17F4N. The lowest BCUT2D eigenvalue weighted by molar-refractivity contribution is -0.140. The third-order valence-electron chi connectivity index (χ3n) is 3.50. The van der Waals surface area contributed by atoms with Crippen molar-refractivity contribution in [2.24, 2.45) is 0 Å². The fourth-order valence-electron chi connectivity index (χ4n) is 2.59. The van der Waals surface area contributed by atoms with Gasteiger partial charge >= 0.3 is 6.18 Å². The molecule has 1 aromatic rings. The number of benzene rings is 1. The maximum absolute atomic E-state index is 14.2. The third kappa shape index (κ3) is 3.03. The second kappa shape index (κ2) is 5.95. The van der Waals surface area contributed by atoms with Gasteiger partial charge in [0.2, 0.25) is 0 Å². The number of nitrogens with one attached hydrogen (secondary N) is 1. The number of hydrogen-bond acceptors (Lipinski definition) is 1. The van der Waals surface area contributed by atoms with Crippen molar-refractivity contribution in [3.05, 3.63) is 46.8 Å². The molecule has 0 bridgehead atoms. The van der Waals surface area contributed by atoms with Crippen molar-refractivity contribution in [2.45, 2.75) is 38.4 Å². The van der Waals surface area contributed by atoms with Gasteiger partial charge in [0.15, 0.2) is 0 Å². The standard InChI is InChI=1S/C15H17F4N/c1-2-20-14(10-6-3-4-7-10)11-8-5-9-12(13(11)16)15(17,18)19/h5-6,8-9,14,20H,2-4,7H2,1H3. The topological polar surface area (TPSA) is 12.0 Å². The highest BCUT2D eigenvalue weighted by Gasteiger charge is 2.36. The van der Waals surface area contributed by atoms with E-state index < -0.39 is 23.6 Å². The predicted molar refractivity (Wildman–Crippen MR) is 69.8 cm³/mol. The van der Waals surface area contributed by atoms with E-state index in [2.05, 4.69) is 5.32 Å². The van der Waals surface area contributed by atoms with Crippen molar-refractivity contribution in [1.29, 1.82) is 0 Å². The van der Waals surface area contributed by atoms with Gasteiger partial charge in [-0.3, -0.25) is 0 Å². The smallest absolute Gasteiger partial charge is 0.307 e. The summed E-state index contributed by atoms with van der Waals surface area (Å²) in [6, 6.07) is 3.01. The van der Waals surface area contributed by atoms with Crippen molar-refractivity contribution in [3.8, 4) is 0 Å². The molecule has 2 rings (SSSR count). The highest BCUT2D eigenvalue weighted by molar-refractivity contribution is 5.35. The van der Waals surface area contributed by atoms with Crippen molar-refractivity contribution in [3.63, 3.8) is 0 Å². The zero-order valence-electron chi connectivity index (χ0n) is 11.2. The van der Waals surface area contributed by atoms with E-state index in [4.69, 9.17) is 0 Å². The summed E-state index contributed by atoms with van der Waals surface area (Å²) in [5.74, 6) is -1.17. The first-order valence-corrected chi connectivity index (χ1v) is 6.73. The van der Waals surface area contributed by atoms with Gasteiger partial charge in [0, 0.05) is 5.56 Å². The SMILES string of the molecule is CCNC(C1=CCCC1)c1cccc(C(F)(F)F)c1F. The Morgan fingerprint density at radius 2 is 2.05 bits per heavy atom. The number of allylic oxidation sites excluding steroid dienone is 1. The molecule has 110 valence electrons. The lowest BCUT2D eigenvalue weighted by Crippen LogP contribution is -2.24. The Balaban J connectivity index is 2.43. The van der Waals surface area contributed by atoms with Crippen LogP contribution in [0.15, 0.2) is 29.8 Å². The molecule has 0 fully saturated rings. The van der Waals surface area contributed by atoms with Crippen LogP contribution in [0.4, 0.5) is 17.6 Å². The summed E-state index contributed by atoms with van der Waals surface area (Å²) >= 11 is 0. The lowest BCUT2D eigenvalue weighted by atomic mass is 9.95. The third-order valence-corrected chi connectivity index (χ3v) is 3.50. The van der Waals surface area contributed by atoms with Crippen LogP contribution in [0, 0.1) is 5.82 Å². The minimum Gasteiger partial charge on any atom is -0.307 e. The van der Waals surface area contributed by atoms with Crippen molar-refractivity contribution in [2.75, 3.05) is 6.54 Å².